The maximum absolute atomic E-state index is 12.4. The van der Waals surface area contributed by atoms with Gasteiger partial charge in [0.05, 0.1) is 0 Å². The molecule has 0 aliphatic carbocycles. The maximum atomic E-state index is 12.4. The van der Waals surface area contributed by atoms with Gasteiger partial charge in [0.2, 0.25) is 6.10 Å². The second-order valence-corrected chi connectivity index (χ2v) is 6.36. The Morgan fingerprint density at radius 3 is 2.33 bits per heavy atom. The van der Waals surface area contributed by atoms with Gasteiger partial charge >= 0.3 is 0 Å². The summed E-state index contributed by atoms with van der Waals surface area (Å²) < 4.78 is 11.5. The fraction of sp³-hybridized carbons (Fsp3) is 0.278. The third kappa shape index (κ3) is 3.60. The number of hydrogen-bond donors (Lipinski definition) is 1. The van der Waals surface area contributed by atoms with Crippen LogP contribution in [0.2, 0.25) is 10.0 Å². The van der Waals surface area contributed by atoms with Crippen molar-refractivity contribution < 1.29 is 14.3 Å². The van der Waals surface area contributed by atoms with Crippen LogP contribution in [0.3, 0.4) is 0 Å². The van der Waals surface area contributed by atoms with Crippen molar-refractivity contribution in [1.29, 1.82) is 0 Å². The largest absolute Gasteiger partial charge is 0.482 e. The Morgan fingerprint density at radius 1 is 1.04 bits per heavy atom. The molecule has 0 aromatic heterocycles. The number of nitrogens with one attached hydrogen (secondary N) is 1. The van der Waals surface area contributed by atoms with Crippen molar-refractivity contribution in [2.45, 2.75) is 25.6 Å². The lowest BCUT2D eigenvalue weighted by atomic mass is 10.1. The maximum Gasteiger partial charge on any atom is 0.265 e. The van der Waals surface area contributed by atoms with E-state index >= 15 is 0 Å². The molecular weight excluding hydrogens is 349 g/mol. The van der Waals surface area contributed by atoms with E-state index in [9.17, 15) is 4.79 Å². The molecule has 3 rings (SSSR count). The highest BCUT2D eigenvalue weighted by atomic mass is 35.5. The Labute approximate surface area is 150 Å². The van der Waals surface area contributed by atoms with Gasteiger partial charge in [-0.2, -0.15) is 0 Å². The standard InChI is InChI=1S/C18H17Cl2NO3/c1-11-17(24-16-8-3-2-7-15(16)23-11)18(22)21-10-9-12-13(19)5-4-6-14(12)20/h2-8,11,17H,9-10H2,1H3,(H,21,22)/t11-,17+/m0/s1. The van der Waals surface area contributed by atoms with Gasteiger partial charge in [0.1, 0.15) is 6.10 Å². The summed E-state index contributed by atoms with van der Waals surface area (Å²) in [4.78, 5) is 12.4. The number of carbonyl (C=O) groups is 1. The summed E-state index contributed by atoms with van der Waals surface area (Å²) >= 11 is 12.3. The van der Waals surface area contributed by atoms with Gasteiger partial charge in [0.15, 0.2) is 11.5 Å². The molecule has 2 atom stereocenters. The van der Waals surface area contributed by atoms with Crippen LogP contribution in [0, 0.1) is 0 Å². The average molecular weight is 366 g/mol. The van der Waals surface area contributed by atoms with Crippen LogP contribution < -0.4 is 14.8 Å². The van der Waals surface area contributed by atoms with Crippen LogP contribution in [0.25, 0.3) is 0 Å². The van der Waals surface area contributed by atoms with Crippen molar-refractivity contribution in [2.24, 2.45) is 0 Å². The highest BCUT2D eigenvalue weighted by molar-refractivity contribution is 6.36. The molecule has 1 aliphatic rings. The molecule has 0 fully saturated rings. The highest BCUT2D eigenvalue weighted by Gasteiger charge is 2.33. The molecule has 1 N–H and O–H groups in total. The number of halogens is 2. The van der Waals surface area contributed by atoms with Gasteiger partial charge in [0.25, 0.3) is 5.91 Å². The first kappa shape index (κ1) is 16.9. The summed E-state index contributed by atoms with van der Waals surface area (Å²) in [7, 11) is 0. The molecule has 0 bridgehead atoms. The number of para-hydroxylation sites is 2. The van der Waals surface area contributed by atoms with Gasteiger partial charge in [-0.25, -0.2) is 0 Å². The van der Waals surface area contributed by atoms with E-state index < -0.39 is 6.10 Å². The van der Waals surface area contributed by atoms with Crippen molar-refractivity contribution in [3.8, 4) is 11.5 Å². The zero-order valence-corrected chi connectivity index (χ0v) is 14.6. The Balaban J connectivity index is 1.60. The number of rotatable bonds is 4. The fourth-order valence-corrected chi connectivity index (χ4v) is 3.18. The van der Waals surface area contributed by atoms with E-state index in [-0.39, 0.29) is 12.0 Å². The summed E-state index contributed by atoms with van der Waals surface area (Å²) in [5, 5.41) is 4.04. The number of hydrogen-bond acceptors (Lipinski definition) is 3. The predicted octanol–water partition coefficient (Wildman–Crippen LogP) is 3.88. The molecule has 0 saturated heterocycles. The van der Waals surface area contributed by atoms with Crippen LogP contribution in [0.5, 0.6) is 11.5 Å². The number of amides is 1. The van der Waals surface area contributed by atoms with Gasteiger partial charge in [0, 0.05) is 16.6 Å². The van der Waals surface area contributed by atoms with Crippen LogP contribution in [0.15, 0.2) is 42.5 Å². The van der Waals surface area contributed by atoms with Crippen molar-refractivity contribution >= 4 is 29.1 Å². The molecule has 2 aromatic carbocycles. The zero-order chi connectivity index (χ0) is 17.1. The first-order chi connectivity index (χ1) is 11.6. The lowest BCUT2D eigenvalue weighted by molar-refractivity contribution is -0.133. The van der Waals surface area contributed by atoms with Crippen LogP contribution >= 0.6 is 23.2 Å². The Kier molecular flexibility index (Phi) is 5.17. The van der Waals surface area contributed by atoms with E-state index in [0.717, 1.165) is 5.56 Å². The summed E-state index contributed by atoms with van der Waals surface area (Å²) in [6, 6.07) is 12.7. The fourth-order valence-electron chi connectivity index (χ4n) is 2.59. The zero-order valence-electron chi connectivity index (χ0n) is 13.1. The number of benzene rings is 2. The second kappa shape index (κ2) is 7.32. The van der Waals surface area contributed by atoms with Crippen LogP contribution in [0.1, 0.15) is 12.5 Å². The monoisotopic (exact) mass is 365 g/mol. The van der Waals surface area contributed by atoms with E-state index in [4.69, 9.17) is 32.7 Å². The number of carbonyl (C=O) groups excluding carboxylic acids is 1. The summed E-state index contributed by atoms with van der Waals surface area (Å²) in [5.74, 6) is 1.00. The minimum Gasteiger partial charge on any atom is -0.482 e. The topological polar surface area (TPSA) is 47.6 Å². The van der Waals surface area contributed by atoms with Gasteiger partial charge in [-0.15, -0.1) is 0 Å². The molecule has 0 radical (unpaired) electrons. The summed E-state index contributed by atoms with van der Waals surface area (Å²) in [6.45, 7) is 2.22. The molecular formula is C18H17Cl2NO3. The molecule has 24 heavy (non-hydrogen) atoms. The molecule has 1 amide bonds. The molecule has 2 aromatic rings. The quantitative estimate of drug-likeness (QED) is 0.894. The van der Waals surface area contributed by atoms with E-state index in [1.807, 2.05) is 25.1 Å². The van der Waals surface area contributed by atoms with Crippen molar-refractivity contribution in [3.63, 3.8) is 0 Å². The van der Waals surface area contributed by atoms with Crippen LogP contribution in [-0.4, -0.2) is 24.7 Å². The lowest BCUT2D eigenvalue weighted by Crippen LogP contribution is -2.49. The number of fused-ring (bicyclic) bond motifs is 1. The molecule has 1 heterocycles. The van der Waals surface area contributed by atoms with Crippen molar-refractivity contribution in [1.82, 2.24) is 5.32 Å². The molecule has 0 spiro atoms. The predicted molar refractivity (Wildman–Crippen MR) is 94.1 cm³/mol. The molecule has 0 unspecified atom stereocenters. The number of ether oxygens (including phenoxy) is 2. The Hall–Kier alpha value is -1.91. The lowest BCUT2D eigenvalue weighted by Gasteiger charge is -2.31. The third-order valence-corrected chi connectivity index (χ3v) is 4.54. The van der Waals surface area contributed by atoms with Crippen LogP contribution in [-0.2, 0) is 11.2 Å². The Bertz CT molecular complexity index is 731. The first-order valence-electron chi connectivity index (χ1n) is 7.69. The minimum atomic E-state index is -0.693. The summed E-state index contributed by atoms with van der Waals surface area (Å²) in [6.07, 6.45) is -0.520. The molecule has 126 valence electrons. The molecule has 1 aliphatic heterocycles. The van der Waals surface area contributed by atoms with Gasteiger partial charge < -0.3 is 14.8 Å². The van der Waals surface area contributed by atoms with Crippen molar-refractivity contribution in [3.05, 3.63) is 58.1 Å². The van der Waals surface area contributed by atoms with E-state index in [2.05, 4.69) is 5.32 Å². The minimum absolute atomic E-state index is 0.222. The molecule has 6 heteroatoms. The van der Waals surface area contributed by atoms with Crippen LogP contribution in [0.4, 0.5) is 0 Å². The third-order valence-electron chi connectivity index (χ3n) is 3.84. The van der Waals surface area contributed by atoms with E-state index in [1.54, 1.807) is 24.3 Å². The highest BCUT2D eigenvalue weighted by Crippen LogP contribution is 2.33. The normalized spacial score (nSPS) is 19.0. The van der Waals surface area contributed by atoms with Gasteiger partial charge in [-0.3, -0.25) is 4.79 Å². The van der Waals surface area contributed by atoms with Crippen molar-refractivity contribution in [2.75, 3.05) is 6.54 Å². The molecule has 0 saturated carbocycles. The van der Waals surface area contributed by atoms with E-state index in [1.165, 1.54) is 0 Å². The van der Waals surface area contributed by atoms with Gasteiger partial charge in [-0.05, 0) is 43.2 Å². The Morgan fingerprint density at radius 2 is 1.67 bits per heavy atom. The van der Waals surface area contributed by atoms with Gasteiger partial charge in [-0.1, -0.05) is 41.4 Å². The molecule has 4 nitrogen and oxygen atoms in total. The summed E-state index contributed by atoms with van der Waals surface area (Å²) in [5.41, 5.74) is 0.820. The smallest absolute Gasteiger partial charge is 0.265 e. The SMILES string of the molecule is C[C@@H]1Oc2ccccc2O[C@H]1C(=O)NCCc1c(Cl)cccc1Cl. The van der Waals surface area contributed by atoms with E-state index in [0.29, 0.717) is 34.5 Å². The first-order valence-corrected chi connectivity index (χ1v) is 8.45. The second-order valence-electron chi connectivity index (χ2n) is 5.55. The average Bonchev–Trinajstić information content (AvgIpc) is 2.56.